The Morgan fingerprint density at radius 1 is 0.762 bits per heavy atom. The summed E-state index contributed by atoms with van der Waals surface area (Å²) in [7, 11) is 0. The maximum atomic E-state index is 11.0. The fourth-order valence-electron chi connectivity index (χ4n) is 2.26. The van der Waals surface area contributed by atoms with Gasteiger partial charge < -0.3 is 5.73 Å². The van der Waals surface area contributed by atoms with Crippen molar-refractivity contribution in [2.75, 3.05) is 0 Å². The van der Waals surface area contributed by atoms with Crippen molar-refractivity contribution in [1.29, 1.82) is 0 Å². The van der Waals surface area contributed by atoms with E-state index in [1.54, 1.807) is 12.1 Å². The summed E-state index contributed by atoms with van der Waals surface area (Å²) in [5.41, 5.74) is 7.93. The molecule has 0 fully saturated rings. The molecule has 0 saturated carbocycles. The van der Waals surface area contributed by atoms with Gasteiger partial charge in [0.25, 0.3) is 0 Å². The van der Waals surface area contributed by atoms with Gasteiger partial charge in [0.15, 0.2) is 0 Å². The lowest BCUT2D eigenvalue weighted by Crippen LogP contribution is -2.10. The Hall–Kier alpha value is -2.87. The van der Waals surface area contributed by atoms with E-state index in [9.17, 15) is 4.79 Å². The number of amides is 1. The van der Waals surface area contributed by atoms with Crippen LogP contribution in [0.25, 0.3) is 22.9 Å². The molecule has 0 aliphatic rings. The molecule has 2 nitrogen and oxygen atoms in total. The zero-order valence-electron chi connectivity index (χ0n) is 11.5. The van der Waals surface area contributed by atoms with E-state index in [0.29, 0.717) is 5.56 Å². The average molecular weight is 273 g/mol. The monoisotopic (exact) mass is 273 g/mol. The van der Waals surface area contributed by atoms with E-state index in [0.717, 1.165) is 11.1 Å². The highest BCUT2D eigenvalue weighted by atomic mass is 16.1. The molecule has 2 heteroatoms. The summed E-state index contributed by atoms with van der Waals surface area (Å²) >= 11 is 0. The SMILES string of the molecule is NC(=O)c1ccc(/C=C/c2ccc3ccccc3c2)cc1. The zero-order chi connectivity index (χ0) is 14.7. The first-order chi connectivity index (χ1) is 10.2. The molecule has 3 aromatic carbocycles. The van der Waals surface area contributed by atoms with Gasteiger partial charge >= 0.3 is 0 Å². The van der Waals surface area contributed by atoms with Crippen LogP contribution in [0.1, 0.15) is 21.5 Å². The van der Waals surface area contributed by atoms with Crippen LogP contribution in [0.3, 0.4) is 0 Å². The first kappa shape index (κ1) is 13.1. The quantitative estimate of drug-likeness (QED) is 0.717. The smallest absolute Gasteiger partial charge is 0.248 e. The third-order valence-electron chi connectivity index (χ3n) is 3.44. The lowest BCUT2D eigenvalue weighted by atomic mass is 10.1. The third kappa shape index (κ3) is 3.00. The first-order valence-electron chi connectivity index (χ1n) is 6.79. The molecule has 102 valence electrons. The maximum absolute atomic E-state index is 11.0. The van der Waals surface area contributed by atoms with Crippen LogP contribution in [0.4, 0.5) is 0 Å². The molecule has 0 atom stereocenters. The van der Waals surface area contributed by atoms with E-state index in [1.165, 1.54) is 10.8 Å². The van der Waals surface area contributed by atoms with E-state index in [4.69, 9.17) is 5.73 Å². The van der Waals surface area contributed by atoms with Gasteiger partial charge in [0, 0.05) is 5.56 Å². The summed E-state index contributed by atoms with van der Waals surface area (Å²) in [5.74, 6) is -0.403. The number of hydrogen-bond acceptors (Lipinski definition) is 1. The standard InChI is InChI=1S/C19H15NO/c20-19(21)17-11-7-14(8-12-17)5-6-15-9-10-16-3-1-2-4-18(16)13-15/h1-13H,(H2,20,21)/b6-5+. The Balaban J connectivity index is 1.85. The van der Waals surface area contributed by atoms with Crippen molar-refractivity contribution in [2.45, 2.75) is 0 Å². The van der Waals surface area contributed by atoms with Crippen molar-refractivity contribution < 1.29 is 4.79 Å². The van der Waals surface area contributed by atoms with E-state index in [1.807, 2.05) is 30.3 Å². The molecule has 0 aliphatic carbocycles. The molecule has 0 aliphatic heterocycles. The molecule has 2 N–H and O–H groups in total. The highest BCUT2D eigenvalue weighted by molar-refractivity contribution is 5.93. The Kier molecular flexibility index (Phi) is 3.52. The summed E-state index contributed by atoms with van der Waals surface area (Å²) in [4.78, 5) is 11.0. The molecule has 0 heterocycles. The predicted octanol–water partition coefficient (Wildman–Crippen LogP) is 4.11. The Bertz CT molecular complexity index is 816. The maximum Gasteiger partial charge on any atom is 0.248 e. The molecular formula is C19H15NO. The van der Waals surface area contributed by atoms with Crippen LogP contribution in [0.15, 0.2) is 66.7 Å². The zero-order valence-corrected chi connectivity index (χ0v) is 11.5. The van der Waals surface area contributed by atoms with Gasteiger partial charge in [-0.3, -0.25) is 4.79 Å². The van der Waals surface area contributed by atoms with Crippen molar-refractivity contribution >= 4 is 28.8 Å². The molecular weight excluding hydrogens is 258 g/mol. The Morgan fingerprint density at radius 3 is 2.10 bits per heavy atom. The summed E-state index contributed by atoms with van der Waals surface area (Å²) in [6.45, 7) is 0. The second-order valence-corrected chi connectivity index (χ2v) is 4.93. The minimum Gasteiger partial charge on any atom is -0.366 e. The second kappa shape index (κ2) is 5.63. The van der Waals surface area contributed by atoms with Gasteiger partial charge in [0.05, 0.1) is 0 Å². The summed E-state index contributed by atoms with van der Waals surface area (Å²) in [6, 6.07) is 21.9. The number of hydrogen-bond donors (Lipinski definition) is 1. The fourth-order valence-corrected chi connectivity index (χ4v) is 2.26. The minimum absolute atomic E-state index is 0.403. The predicted molar refractivity (Wildman–Crippen MR) is 87.8 cm³/mol. The van der Waals surface area contributed by atoms with Crippen molar-refractivity contribution in [3.05, 3.63) is 83.4 Å². The topological polar surface area (TPSA) is 43.1 Å². The number of primary amides is 1. The highest BCUT2D eigenvalue weighted by Gasteiger charge is 1.98. The van der Waals surface area contributed by atoms with Crippen LogP contribution in [0.2, 0.25) is 0 Å². The Labute approximate surface area is 123 Å². The summed E-state index contributed by atoms with van der Waals surface area (Å²) < 4.78 is 0. The van der Waals surface area contributed by atoms with Crippen LogP contribution in [-0.2, 0) is 0 Å². The number of fused-ring (bicyclic) bond motifs is 1. The summed E-state index contributed by atoms with van der Waals surface area (Å²) in [6.07, 6.45) is 4.08. The summed E-state index contributed by atoms with van der Waals surface area (Å²) in [5, 5.41) is 2.46. The number of rotatable bonds is 3. The second-order valence-electron chi connectivity index (χ2n) is 4.93. The average Bonchev–Trinajstić information content (AvgIpc) is 2.53. The van der Waals surface area contributed by atoms with E-state index in [-0.39, 0.29) is 0 Å². The minimum atomic E-state index is -0.403. The highest BCUT2D eigenvalue weighted by Crippen LogP contribution is 2.17. The molecule has 0 radical (unpaired) electrons. The van der Waals surface area contributed by atoms with Crippen molar-refractivity contribution in [3.8, 4) is 0 Å². The molecule has 3 aromatic rings. The fraction of sp³-hybridized carbons (Fsp3) is 0. The number of benzene rings is 3. The molecule has 0 unspecified atom stereocenters. The van der Waals surface area contributed by atoms with E-state index < -0.39 is 5.91 Å². The lowest BCUT2D eigenvalue weighted by Gasteiger charge is -2.00. The van der Waals surface area contributed by atoms with Crippen molar-refractivity contribution in [3.63, 3.8) is 0 Å². The van der Waals surface area contributed by atoms with Crippen LogP contribution >= 0.6 is 0 Å². The molecule has 0 saturated heterocycles. The van der Waals surface area contributed by atoms with Crippen LogP contribution in [-0.4, -0.2) is 5.91 Å². The van der Waals surface area contributed by atoms with Crippen LogP contribution in [0.5, 0.6) is 0 Å². The normalized spacial score (nSPS) is 11.0. The van der Waals surface area contributed by atoms with Crippen LogP contribution in [0, 0.1) is 0 Å². The number of nitrogens with two attached hydrogens (primary N) is 1. The molecule has 0 bridgehead atoms. The third-order valence-corrected chi connectivity index (χ3v) is 3.44. The van der Waals surface area contributed by atoms with Crippen molar-refractivity contribution in [2.24, 2.45) is 5.73 Å². The van der Waals surface area contributed by atoms with Gasteiger partial charge in [-0.25, -0.2) is 0 Å². The van der Waals surface area contributed by atoms with Crippen LogP contribution < -0.4 is 5.73 Å². The largest absolute Gasteiger partial charge is 0.366 e. The van der Waals surface area contributed by atoms with Gasteiger partial charge in [0.2, 0.25) is 5.91 Å². The molecule has 0 aromatic heterocycles. The van der Waals surface area contributed by atoms with E-state index >= 15 is 0 Å². The lowest BCUT2D eigenvalue weighted by molar-refractivity contribution is 0.100. The molecule has 3 rings (SSSR count). The molecule has 1 amide bonds. The van der Waals surface area contributed by atoms with Gasteiger partial charge in [-0.15, -0.1) is 0 Å². The van der Waals surface area contributed by atoms with Gasteiger partial charge in [-0.05, 0) is 40.1 Å². The van der Waals surface area contributed by atoms with Gasteiger partial charge in [-0.1, -0.05) is 60.7 Å². The van der Waals surface area contributed by atoms with Gasteiger partial charge in [-0.2, -0.15) is 0 Å². The van der Waals surface area contributed by atoms with Crippen molar-refractivity contribution in [1.82, 2.24) is 0 Å². The number of carbonyl (C=O) groups is 1. The Morgan fingerprint density at radius 2 is 1.38 bits per heavy atom. The molecule has 0 spiro atoms. The van der Waals surface area contributed by atoms with Gasteiger partial charge in [0.1, 0.15) is 0 Å². The first-order valence-corrected chi connectivity index (χ1v) is 6.79. The number of carbonyl (C=O) groups excluding carboxylic acids is 1. The molecule has 21 heavy (non-hydrogen) atoms. The van der Waals surface area contributed by atoms with E-state index in [2.05, 4.69) is 36.4 Å².